The van der Waals surface area contributed by atoms with Crippen LogP contribution in [0.2, 0.25) is 0 Å². The minimum absolute atomic E-state index is 0.212. The number of thiophene rings is 1. The van der Waals surface area contributed by atoms with Gasteiger partial charge in [-0.25, -0.2) is 4.98 Å². The van der Waals surface area contributed by atoms with E-state index in [4.69, 9.17) is 9.47 Å². The number of rotatable bonds is 5. The van der Waals surface area contributed by atoms with Crippen LogP contribution in [0.3, 0.4) is 0 Å². The van der Waals surface area contributed by atoms with Crippen LogP contribution in [-0.2, 0) is 0 Å². The van der Waals surface area contributed by atoms with Crippen LogP contribution in [0.1, 0.15) is 10.4 Å². The Balaban J connectivity index is 1.84. The molecule has 0 fully saturated rings. The summed E-state index contributed by atoms with van der Waals surface area (Å²) in [5.41, 5.74) is 2.39. The summed E-state index contributed by atoms with van der Waals surface area (Å²) in [6, 6.07) is 15.3. The second kappa shape index (κ2) is 7.89. The molecular formula is C22H19N3O3S. The van der Waals surface area contributed by atoms with Crippen molar-refractivity contribution in [3.8, 4) is 22.6 Å². The second-order valence-corrected chi connectivity index (χ2v) is 7.50. The van der Waals surface area contributed by atoms with Crippen LogP contribution in [0.15, 0.2) is 64.8 Å². The first-order valence-corrected chi connectivity index (χ1v) is 9.77. The van der Waals surface area contributed by atoms with Gasteiger partial charge in [0, 0.05) is 16.0 Å². The van der Waals surface area contributed by atoms with Gasteiger partial charge in [0.25, 0.3) is 5.56 Å². The second-order valence-electron chi connectivity index (χ2n) is 6.30. The average molecular weight is 405 g/mol. The van der Waals surface area contributed by atoms with Gasteiger partial charge in [0.1, 0.15) is 11.2 Å². The van der Waals surface area contributed by atoms with Crippen molar-refractivity contribution in [2.24, 2.45) is 5.10 Å². The van der Waals surface area contributed by atoms with Gasteiger partial charge in [-0.3, -0.25) is 4.79 Å². The fraction of sp³-hybridized carbons (Fsp3) is 0.136. The predicted molar refractivity (Wildman–Crippen MR) is 117 cm³/mol. The van der Waals surface area contributed by atoms with E-state index in [1.165, 1.54) is 22.3 Å². The van der Waals surface area contributed by atoms with E-state index >= 15 is 0 Å². The maximum atomic E-state index is 13.2. The summed E-state index contributed by atoms with van der Waals surface area (Å²) in [6.45, 7) is 2.00. The van der Waals surface area contributed by atoms with E-state index < -0.39 is 0 Å². The normalized spacial score (nSPS) is 11.3. The first kappa shape index (κ1) is 18.9. The van der Waals surface area contributed by atoms with E-state index in [0.717, 1.165) is 16.0 Å². The third-order valence-corrected chi connectivity index (χ3v) is 5.60. The van der Waals surface area contributed by atoms with Gasteiger partial charge in [0.05, 0.1) is 25.8 Å². The summed E-state index contributed by atoms with van der Waals surface area (Å²) in [7, 11) is 3.14. The smallest absolute Gasteiger partial charge is 0.283 e. The van der Waals surface area contributed by atoms with Gasteiger partial charge in [-0.15, -0.1) is 11.3 Å². The summed E-state index contributed by atoms with van der Waals surface area (Å²) < 4.78 is 12.0. The Bertz CT molecular complexity index is 1260. The lowest BCUT2D eigenvalue weighted by atomic mass is 10.0. The zero-order valence-electron chi connectivity index (χ0n) is 16.2. The van der Waals surface area contributed by atoms with Gasteiger partial charge in [0.15, 0.2) is 11.5 Å². The van der Waals surface area contributed by atoms with Crippen molar-refractivity contribution in [1.29, 1.82) is 0 Å². The van der Waals surface area contributed by atoms with E-state index in [1.807, 2.05) is 49.4 Å². The maximum Gasteiger partial charge on any atom is 0.283 e. The summed E-state index contributed by atoms with van der Waals surface area (Å²) in [6.07, 6.45) is 3.01. The van der Waals surface area contributed by atoms with Crippen LogP contribution in [0.4, 0.5) is 0 Å². The van der Waals surface area contributed by atoms with E-state index in [0.29, 0.717) is 27.3 Å². The Morgan fingerprint density at radius 1 is 1.07 bits per heavy atom. The fourth-order valence-corrected chi connectivity index (χ4v) is 4.27. The number of hydrogen-bond acceptors (Lipinski definition) is 6. The molecule has 146 valence electrons. The monoisotopic (exact) mass is 405 g/mol. The molecule has 0 spiro atoms. The molecule has 0 aliphatic carbocycles. The molecule has 7 heteroatoms. The molecule has 0 radical (unpaired) electrons. The summed E-state index contributed by atoms with van der Waals surface area (Å²) in [5, 5.41) is 4.92. The van der Waals surface area contributed by atoms with Gasteiger partial charge < -0.3 is 9.47 Å². The molecular weight excluding hydrogens is 386 g/mol. The van der Waals surface area contributed by atoms with Crippen molar-refractivity contribution in [2.75, 3.05) is 14.2 Å². The summed E-state index contributed by atoms with van der Waals surface area (Å²) in [5.74, 6) is 1.15. The molecule has 0 saturated heterocycles. The number of ether oxygens (including phenoxy) is 2. The average Bonchev–Trinajstić information content (AvgIpc) is 3.10. The first-order chi connectivity index (χ1) is 14.1. The molecule has 2 aromatic heterocycles. The lowest BCUT2D eigenvalue weighted by molar-refractivity contribution is 0.354. The fourth-order valence-electron chi connectivity index (χ4n) is 3.27. The summed E-state index contributed by atoms with van der Waals surface area (Å²) in [4.78, 5) is 19.4. The van der Waals surface area contributed by atoms with E-state index in [9.17, 15) is 4.79 Å². The molecule has 0 aliphatic heterocycles. The zero-order chi connectivity index (χ0) is 20.4. The maximum absolute atomic E-state index is 13.2. The van der Waals surface area contributed by atoms with Crippen molar-refractivity contribution < 1.29 is 9.47 Å². The largest absolute Gasteiger partial charge is 0.493 e. The molecule has 29 heavy (non-hydrogen) atoms. The topological polar surface area (TPSA) is 65.7 Å². The zero-order valence-corrected chi connectivity index (χ0v) is 17.1. The number of nitrogens with zero attached hydrogens (tertiary/aromatic N) is 3. The summed E-state index contributed by atoms with van der Waals surface area (Å²) >= 11 is 1.51. The molecule has 0 saturated carbocycles. The molecule has 0 unspecified atom stereocenters. The van der Waals surface area contributed by atoms with E-state index in [1.54, 1.807) is 26.5 Å². The number of aromatic nitrogens is 2. The number of methoxy groups -OCH3 is 2. The Morgan fingerprint density at radius 2 is 1.86 bits per heavy atom. The third kappa shape index (κ3) is 3.40. The van der Waals surface area contributed by atoms with Crippen molar-refractivity contribution in [2.45, 2.75) is 6.92 Å². The highest BCUT2D eigenvalue weighted by molar-refractivity contribution is 7.19. The Labute approximate surface area is 171 Å². The van der Waals surface area contributed by atoms with Crippen LogP contribution in [0.5, 0.6) is 11.5 Å². The Kier molecular flexibility index (Phi) is 5.14. The van der Waals surface area contributed by atoms with Gasteiger partial charge in [-0.2, -0.15) is 9.78 Å². The van der Waals surface area contributed by atoms with E-state index in [2.05, 4.69) is 10.1 Å². The van der Waals surface area contributed by atoms with Crippen LogP contribution >= 0.6 is 11.3 Å². The van der Waals surface area contributed by atoms with Crippen LogP contribution in [0, 0.1) is 6.92 Å². The number of aryl methyl sites for hydroxylation is 1. The highest BCUT2D eigenvalue weighted by Gasteiger charge is 2.16. The number of hydrogen-bond donors (Lipinski definition) is 0. The molecule has 0 bridgehead atoms. The molecule has 0 aliphatic rings. The Hall–Kier alpha value is -3.45. The predicted octanol–water partition coefficient (Wildman–Crippen LogP) is 4.33. The van der Waals surface area contributed by atoms with Gasteiger partial charge >= 0.3 is 0 Å². The lowest BCUT2D eigenvalue weighted by Gasteiger charge is -2.09. The molecule has 0 atom stereocenters. The molecule has 6 nitrogen and oxygen atoms in total. The van der Waals surface area contributed by atoms with Crippen LogP contribution < -0.4 is 15.0 Å². The lowest BCUT2D eigenvalue weighted by Crippen LogP contribution is -2.17. The third-order valence-electron chi connectivity index (χ3n) is 4.59. The van der Waals surface area contributed by atoms with Crippen LogP contribution in [0.25, 0.3) is 21.3 Å². The van der Waals surface area contributed by atoms with Crippen molar-refractivity contribution in [3.05, 3.63) is 75.7 Å². The SMILES string of the molecule is COc1cccc(/C=N\n2cnc3sc(C)c(-c4ccccc4)c3c2=O)c1OC. The number of benzene rings is 2. The Morgan fingerprint density at radius 3 is 2.59 bits per heavy atom. The van der Waals surface area contributed by atoms with Gasteiger partial charge in [-0.1, -0.05) is 36.4 Å². The molecule has 2 aromatic carbocycles. The molecule has 0 amide bonds. The first-order valence-electron chi connectivity index (χ1n) is 8.95. The highest BCUT2D eigenvalue weighted by atomic mass is 32.1. The van der Waals surface area contributed by atoms with Crippen molar-refractivity contribution in [3.63, 3.8) is 0 Å². The molecule has 4 rings (SSSR count). The van der Waals surface area contributed by atoms with Crippen molar-refractivity contribution in [1.82, 2.24) is 9.66 Å². The number of fused-ring (bicyclic) bond motifs is 1. The van der Waals surface area contributed by atoms with Crippen molar-refractivity contribution >= 4 is 27.8 Å². The standard InChI is InChI=1S/C22H19N3O3S/c1-14-18(15-8-5-4-6-9-15)19-21(29-14)23-13-25(22(19)26)24-12-16-10-7-11-17(27-2)20(16)28-3/h4-13H,1-3H3/b24-12-. The minimum Gasteiger partial charge on any atom is -0.493 e. The minimum atomic E-state index is -0.212. The molecule has 0 N–H and O–H groups in total. The van der Waals surface area contributed by atoms with Gasteiger partial charge in [0.2, 0.25) is 0 Å². The van der Waals surface area contributed by atoms with Gasteiger partial charge in [-0.05, 0) is 24.6 Å². The highest BCUT2D eigenvalue weighted by Crippen LogP contribution is 2.35. The molecule has 4 aromatic rings. The van der Waals surface area contributed by atoms with E-state index in [-0.39, 0.29) is 5.56 Å². The van der Waals surface area contributed by atoms with Crippen LogP contribution in [-0.4, -0.2) is 30.1 Å². The number of para-hydroxylation sites is 1. The molecule has 2 heterocycles. The quantitative estimate of drug-likeness (QED) is 0.464.